The third kappa shape index (κ3) is 5.24. The lowest BCUT2D eigenvalue weighted by atomic mass is 10.1. The van der Waals surface area contributed by atoms with Crippen molar-refractivity contribution in [1.82, 2.24) is 20.0 Å². The average Bonchev–Trinajstić information content (AvgIpc) is 3.41. The van der Waals surface area contributed by atoms with Crippen LogP contribution in [0.3, 0.4) is 0 Å². The number of anilines is 1. The Kier molecular flexibility index (Phi) is 7.38. The molecule has 0 atom stereocenters. The fraction of sp³-hybridized carbons (Fsp3) is 0.200. The molecule has 186 valence electrons. The van der Waals surface area contributed by atoms with Gasteiger partial charge >= 0.3 is 5.97 Å². The molecule has 3 N–H and O–H groups in total. The summed E-state index contributed by atoms with van der Waals surface area (Å²) in [5.74, 6) is -3.27. The molecule has 1 amide bonds. The summed E-state index contributed by atoms with van der Waals surface area (Å²) in [6.07, 6.45) is 4.68. The first kappa shape index (κ1) is 24.6. The van der Waals surface area contributed by atoms with E-state index in [1.54, 1.807) is 6.20 Å². The minimum Gasteiger partial charge on any atom is -0.352 e. The van der Waals surface area contributed by atoms with Gasteiger partial charge in [0.15, 0.2) is 11.8 Å². The largest absolute Gasteiger partial charge is 0.352 e. The van der Waals surface area contributed by atoms with E-state index in [-0.39, 0.29) is 36.0 Å². The quantitative estimate of drug-likeness (QED) is 0.322. The predicted octanol–water partition coefficient (Wildman–Crippen LogP) is 3.46. The van der Waals surface area contributed by atoms with Crippen LogP contribution in [0, 0.1) is 11.6 Å². The molecular weight excluding hydrogens is 472 g/mol. The Morgan fingerprint density at radius 1 is 1.19 bits per heavy atom. The number of imidazole rings is 1. The van der Waals surface area contributed by atoms with E-state index in [2.05, 4.69) is 20.1 Å². The van der Waals surface area contributed by atoms with Gasteiger partial charge in [-0.2, -0.15) is 5.48 Å². The maximum atomic E-state index is 15.7. The van der Waals surface area contributed by atoms with Crippen molar-refractivity contribution in [3.8, 4) is 0 Å². The molecule has 11 heteroatoms. The number of amides is 1. The number of hydrogen-bond acceptors (Lipinski definition) is 6. The van der Waals surface area contributed by atoms with Gasteiger partial charge in [0.1, 0.15) is 11.4 Å². The lowest BCUT2D eigenvalue weighted by molar-refractivity contribution is -0.148. The normalized spacial score (nSPS) is 10.9. The van der Waals surface area contributed by atoms with Gasteiger partial charge in [0.25, 0.3) is 5.91 Å². The van der Waals surface area contributed by atoms with E-state index in [9.17, 15) is 18.8 Å². The van der Waals surface area contributed by atoms with Crippen molar-refractivity contribution in [1.29, 1.82) is 0 Å². The Balaban J connectivity index is 1.78. The van der Waals surface area contributed by atoms with E-state index in [1.807, 2.05) is 35.8 Å². The van der Waals surface area contributed by atoms with Gasteiger partial charge in [-0.3, -0.25) is 9.59 Å². The van der Waals surface area contributed by atoms with Crippen molar-refractivity contribution in [3.05, 3.63) is 93.5 Å². The summed E-state index contributed by atoms with van der Waals surface area (Å²) in [5.41, 5.74) is 1.12. The van der Waals surface area contributed by atoms with Gasteiger partial charge in [0.05, 0.1) is 10.9 Å². The summed E-state index contributed by atoms with van der Waals surface area (Å²) in [5, 5.41) is 2.48. The number of carbonyl (C=O) groups excluding carboxylic acids is 2. The van der Waals surface area contributed by atoms with E-state index in [1.165, 1.54) is 23.9 Å². The van der Waals surface area contributed by atoms with Crippen LogP contribution in [-0.4, -0.2) is 26.4 Å². The zero-order chi connectivity index (χ0) is 25.7. The van der Waals surface area contributed by atoms with Gasteiger partial charge < -0.3 is 19.7 Å². The second-order valence-corrected chi connectivity index (χ2v) is 7.90. The molecule has 2 aromatic heterocycles. The van der Waals surface area contributed by atoms with Crippen LogP contribution in [0.5, 0.6) is 0 Å². The maximum Gasteiger partial charge on any atom is 0.331 e. The van der Waals surface area contributed by atoms with Crippen LogP contribution in [0.15, 0.2) is 59.8 Å². The van der Waals surface area contributed by atoms with E-state index >= 15 is 4.39 Å². The average molecular weight is 495 g/mol. The molecule has 4 aromatic rings. The smallest absolute Gasteiger partial charge is 0.331 e. The van der Waals surface area contributed by atoms with Crippen LogP contribution in [0.2, 0.25) is 0 Å². The highest BCUT2D eigenvalue weighted by atomic mass is 19.1. The summed E-state index contributed by atoms with van der Waals surface area (Å²) in [6, 6.07) is 10.3. The van der Waals surface area contributed by atoms with Crippen molar-refractivity contribution < 1.29 is 23.2 Å². The Morgan fingerprint density at radius 3 is 2.67 bits per heavy atom. The molecule has 0 radical (unpaired) electrons. The highest BCUT2D eigenvalue weighted by molar-refractivity contribution is 5.97. The van der Waals surface area contributed by atoms with Crippen molar-refractivity contribution in [2.75, 3.05) is 5.32 Å². The molecule has 0 saturated heterocycles. The molecule has 0 aliphatic rings. The lowest BCUT2D eigenvalue weighted by Gasteiger charge is -2.17. The van der Waals surface area contributed by atoms with Gasteiger partial charge in [0, 0.05) is 43.7 Å². The van der Waals surface area contributed by atoms with Gasteiger partial charge in [-0.05, 0) is 18.1 Å². The number of rotatable bonds is 8. The van der Waals surface area contributed by atoms with Crippen LogP contribution in [0.4, 0.5) is 14.7 Å². The summed E-state index contributed by atoms with van der Waals surface area (Å²) < 4.78 is 32.1. The zero-order valence-electron chi connectivity index (χ0n) is 19.3. The molecule has 2 aromatic carbocycles. The molecule has 36 heavy (non-hydrogen) atoms. The molecule has 2 heterocycles. The van der Waals surface area contributed by atoms with E-state index < -0.39 is 34.5 Å². The highest BCUT2D eigenvalue weighted by Gasteiger charge is 2.23. The molecule has 0 aliphatic carbocycles. The van der Waals surface area contributed by atoms with Gasteiger partial charge in [-0.25, -0.2) is 18.6 Å². The summed E-state index contributed by atoms with van der Waals surface area (Å²) >= 11 is 0. The number of hydroxylamine groups is 1. The van der Waals surface area contributed by atoms with Gasteiger partial charge in [0.2, 0.25) is 5.43 Å². The fourth-order valence-corrected chi connectivity index (χ4v) is 3.69. The number of benzene rings is 2. The molecule has 0 spiro atoms. The van der Waals surface area contributed by atoms with Crippen molar-refractivity contribution in [2.45, 2.75) is 32.9 Å². The second kappa shape index (κ2) is 10.8. The van der Waals surface area contributed by atoms with Crippen LogP contribution < -0.4 is 16.2 Å². The lowest BCUT2D eigenvalue weighted by Crippen LogP contribution is -2.32. The maximum absolute atomic E-state index is 15.7. The van der Waals surface area contributed by atoms with Crippen LogP contribution in [0.25, 0.3) is 10.9 Å². The summed E-state index contributed by atoms with van der Waals surface area (Å²) in [6.45, 7) is 1.48. The van der Waals surface area contributed by atoms with Crippen molar-refractivity contribution in [3.63, 3.8) is 0 Å². The molecule has 9 nitrogen and oxygen atoms in total. The fourth-order valence-electron chi connectivity index (χ4n) is 3.69. The Labute approximate surface area is 204 Å². The molecule has 4 rings (SSSR count). The number of nitrogens with one attached hydrogen (secondary N) is 3. The minimum absolute atomic E-state index is 0.00451. The van der Waals surface area contributed by atoms with Crippen molar-refractivity contribution >= 4 is 28.7 Å². The van der Waals surface area contributed by atoms with E-state index in [0.717, 1.165) is 11.6 Å². The highest BCUT2D eigenvalue weighted by Crippen LogP contribution is 2.24. The molecular formula is C25H23F2N5O4. The number of nitrogens with zero attached hydrogens (tertiary/aromatic N) is 2. The van der Waals surface area contributed by atoms with E-state index in [0.29, 0.717) is 12.4 Å². The minimum atomic E-state index is -0.999. The summed E-state index contributed by atoms with van der Waals surface area (Å²) in [4.78, 5) is 48.5. The van der Waals surface area contributed by atoms with E-state index in [4.69, 9.17) is 0 Å². The summed E-state index contributed by atoms with van der Waals surface area (Å²) in [7, 11) is 0. The van der Waals surface area contributed by atoms with Crippen LogP contribution in [-0.2, 0) is 29.1 Å². The SMILES string of the molecule is CCC(=O)ONC(=O)c1cn(CCc2ccccc2)c2c(F)c(CNc3ncc[nH]3)c(F)cc2c1=O. The molecule has 0 bridgehead atoms. The zero-order valence-corrected chi connectivity index (χ0v) is 19.3. The molecule has 0 aliphatic heterocycles. The number of aromatic nitrogens is 3. The number of aromatic amines is 1. The second-order valence-electron chi connectivity index (χ2n) is 7.90. The Bertz CT molecular complexity index is 1450. The molecule has 0 fully saturated rings. The van der Waals surface area contributed by atoms with Gasteiger partial charge in [-0.15, -0.1) is 0 Å². The Hall–Kier alpha value is -4.54. The van der Waals surface area contributed by atoms with Crippen LogP contribution >= 0.6 is 0 Å². The number of carbonyl (C=O) groups is 2. The first-order valence-corrected chi connectivity index (χ1v) is 11.2. The Morgan fingerprint density at radius 2 is 1.97 bits per heavy atom. The van der Waals surface area contributed by atoms with Crippen molar-refractivity contribution in [2.24, 2.45) is 0 Å². The number of pyridine rings is 1. The number of halogens is 2. The monoisotopic (exact) mass is 495 g/mol. The molecule has 0 saturated carbocycles. The van der Waals surface area contributed by atoms with Crippen LogP contribution in [0.1, 0.15) is 34.8 Å². The number of hydrogen-bond donors (Lipinski definition) is 3. The number of H-pyrrole nitrogens is 1. The third-order valence-corrected chi connectivity index (χ3v) is 5.55. The predicted molar refractivity (Wildman–Crippen MR) is 128 cm³/mol. The standard InChI is InChI=1S/C25H23F2N5O4/c1-2-20(33)36-31-24(35)18-14-32(11-8-15-6-4-3-5-7-15)22-16(23(18)34)12-19(26)17(21(22)27)13-30-25-28-9-10-29-25/h3-7,9-10,12,14H,2,8,11,13H2,1H3,(H,31,35)(H2,28,29,30). The first-order chi connectivity index (χ1) is 17.4. The third-order valence-electron chi connectivity index (χ3n) is 5.55. The topological polar surface area (TPSA) is 118 Å². The number of aryl methyl sites for hydroxylation is 2. The van der Waals surface area contributed by atoms with Gasteiger partial charge in [-0.1, -0.05) is 37.3 Å². The molecule has 0 unspecified atom stereocenters. The number of fused-ring (bicyclic) bond motifs is 1. The first-order valence-electron chi connectivity index (χ1n) is 11.2.